The van der Waals surface area contributed by atoms with Crippen LogP contribution in [0.3, 0.4) is 0 Å². The lowest BCUT2D eigenvalue weighted by Gasteiger charge is -2.31. The molecule has 0 heterocycles. The van der Waals surface area contributed by atoms with Gasteiger partial charge in [0.05, 0.1) is 0 Å². The lowest BCUT2D eigenvalue weighted by molar-refractivity contribution is 0.0510. The lowest BCUT2D eigenvalue weighted by Crippen LogP contribution is -2.36. The lowest BCUT2D eigenvalue weighted by atomic mass is 9.76. The molecular weight excluding hydrogens is 242 g/mol. The number of carbonyl (C=O) groups is 1. The third-order valence-electron chi connectivity index (χ3n) is 3.92. The summed E-state index contributed by atoms with van der Waals surface area (Å²) >= 11 is 0. The molecule has 1 unspecified atom stereocenters. The third-order valence-corrected chi connectivity index (χ3v) is 3.92. The molecule has 1 aliphatic rings. The molecule has 2 N–H and O–H groups in total. The van der Waals surface area contributed by atoms with E-state index >= 15 is 0 Å². The second kappa shape index (κ2) is 7.13. The molecule has 19 heavy (non-hydrogen) atoms. The molecule has 4 heteroatoms. The van der Waals surface area contributed by atoms with E-state index in [4.69, 9.17) is 9.84 Å². The van der Waals surface area contributed by atoms with E-state index in [2.05, 4.69) is 12.2 Å². The van der Waals surface area contributed by atoms with Crippen molar-refractivity contribution in [2.24, 2.45) is 17.8 Å². The fourth-order valence-corrected chi connectivity index (χ4v) is 2.65. The predicted molar refractivity (Wildman–Crippen MR) is 75.9 cm³/mol. The van der Waals surface area contributed by atoms with Gasteiger partial charge in [0.2, 0.25) is 0 Å². The number of carbonyl (C=O) groups excluding carboxylic acids is 1. The number of aliphatic hydroxyl groups excluding tert-OH is 1. The summed E-state index contributed by atoms with van der Waals surface area (Å²) in [7, 11) is 0. The average Bonchev–Trinajstić information content (AvgIpc) is 2.34. The third kappa shape index (κ3) is 6.28. The van der Waals surface area contributed by atoms with Crippen molar-refractivity contribution >= 4 is 6.09 Å². The molecule has 0 aromatic rings. The molecule has 0 aliphatic heterocycles. The number of hydrogen-bond acceptors (Lipinski definition) is 3. The van der Waals surface area contributed by atoms with Crippen molar-refractivity contribution in [1.29, 1.82) is 0 Å². The molecule has 0 radical (unpaired) electrons. The molecule has 0 saturated heterocycles. The van der Waals surface area contributed by atoms with Gasteiger partial charge >= 0.3 is 6.09 Å². The molecule has 1 amide bonds. The number of rotatable bonds is 4. The van der Waals surface area contributed by atoms with Crippen molar-refractivity contribution in [3.8, 4) is 0 Å². The minimum Gasteiger partial charge on any atom is -0.444 e. The number of alkyl carbamates (subject to hydrolysis) is 1. The molecule has 0 spiro atoms. The van der Waals surface area contributed by atoms with E-state index < -0.39 is 5.60 Å². The van der Waals surface area contributed by atoms with Gasteiger partial charge in [-0.25, -0.2) is 4.79 Å². The first-order valence-electron chi connectivity index (χ1n) is 7.39. The summed E-state index contributed by atoms with van der Waals surface area (Å²) in [5, 5.41) is 12.0. The van der Waals surface area contributed by atoms with Gasteiger partial charge in [-0.1, -0.05) is 6.92 Å². The zero-order valence-corrected chi connectivity index (χ0v) is 12.7. The summed E-state index contributed by atoms with van der Waals surface area (Å²) in [5.74, 6) is 1.59. The van der Waals surface area contributed by atoms with E-state index in [1.807, 2.05) is 20.8 Å². The minimum absolute atomic E-state index is 0.283. The van der Waals surface area contributed by atoms with E-state index in [-0.39, 0.29) is 12.7 Å². The quantitative estimate of drug-likeness (QED) is 0.826. The smallest absolute Gasteiger partial charge is 0.407 e. The topological polar surface area (TPSA) is 58.6 Å². The molecular formula is C15H29NO3. The Labute approximate surface area is 116 Å². The highest BCUT2D eigenvalue weighted by Gasteiger charge is 2.25. The Morgan fingerprint density at radius 2 is 1.89 bits per heavy atom. The van der Waals surface area contributed by atoms with Crippen LogP contribution in [0.15, 0.2) is 0 Å². The summed E-state index contributed by atoms with van der Waals surface area (Å²) in [6, 6.07) is 0. The van der Waals surface area contributed by atoms with Crippen LogP contribution < -0.4 is 5.32 Å². The number of ether oxygens (including phenoxy) is 1. The molecule has 1 saturated carbocycles. The van der Waals surface area contributed by atoms with Crippen LogP contribution in [0.5, 0.6) is 0 Å². The number of aliphatic hydroxyl groups is 1. The molecule has 1 rings (SSSR count). The van der Waals surface area contributed by atoms with E-state index in [9.17, 15) is 4.79 Å². The number of amides is 1. The summed E-state index contributed by atoms with van der Waals surface area (Å²) in [4.78, 5) is 11.6. The van der Waals surface area contributed by atoms with Gasteiger partial charge in [-0.05, 0) is 64.2 Å². The Morgan fingerprint density at radius 3 is 2.37 bits per heavy atom. The first kappa shape index (κ1) is 16.3. The highest BCUT2D eigenvalue weighted by Crippen LogP contribution is 2.32. The molecule has 0 aromatic carbocycles. The van der Waals surface area contributed by atoms with E-state index in [1.54, 1.807) is 0 Å². The second-order valence-electron chi connectivity index (χ2n) is 6.82. The maximum atomic E-state index is 11.6. The van der Waals surface area contributed by atoms with Gasteiger partial charge in [0.1, 0.15) is 5.60 Å². The van der Waals surface area contributed by atoms with Crippen LogP contribution in [-0.2, 0) is 4.74 Å². The van der Waals surface area contributed by atoms with Crippen LogP contribution in [0, 0.1) is 17.8 Å². The molecule has 0 aromatic heterocycles. The van der Waals surface area contributed by atoms with Crippen LogP contribution in [0.25, 0.3) is 0 Å². The molecule has 1 aliphatic carbocycles. The zero-order valence-electron chi connectivity index (χ0n) is 12.7. The Morgan fingerprint density at radius 1 is 1.32 bits per heavy atom. The van der Waals surface area contributed by atoms with Gasteiger partial charge < -0.3 is 15.2 Å². The van der Waals surface area contributed by atoms with Crippen LogP contribution in [0.4, 0.5) is 4.79 Å². The van der Waals surface area contributed by atoms with E-state index in [0.717, 1.165) is 25.7 Å². The van der Waals surface area contributed by atoms with Crippen molar-refractivity contribution < 1.29 is 14.6 Å². The van der Waals surface area contributed by atoms with Gasteiger partial charge in [-0.15, -0.1) is 0 Å². The fraction of sp³-hybridized carbons (Fsp3) is 0.933. The summed E-state index contributed by atoms with van der Waals surface area (Å²) in [6.45, 7) is 8.71. The molecule has 0 bridgehead atoms. The van der Waals surface area contributed by atoms with Gasteiger partial charge in [0, 0.05) is 13.2 Å². The molecule has 4 nitrogen and oxygen atoms in total. The maximum Gasteiger partial charge on any atom is 0.407 e. The van der Waals surface area contributed by atoms with Gasteiger partial charge in [-0.3, -0.25) is 0 Å². The van der Waals surface area contributed by atoms with Crippen molar-refractivity contribution in [2.45, 2.75) is 59.0 Å². The van der Waals surface area contributed by atoms with Crippen molar-refractivity contribution in [1.82, 2.24) is 5.32 Å². The number of hydrogen-bond donors (Lipinski definition) is 2. The van der Waals surface area contributed by atoms with Gasteiger partial charge in [0.25, 0.3) is 0 Å². The Bertz CT molecular complexity index is 278. The van der Waals surface area contributed by atoms with Crippen LogP contribution in [0.1, 0.15) is 53.4 Å². The Hall–Kier alpha value is -0.770. The average molecular weight is 271 g/mol. The normalized spacial score (nSPS) is 25.7. The molecule has 1 atom stereocenters. The fourth-order valence-electron chi connectivity index (χ4n) is 2.65. The Balaban J connectivity index is 2.21. The maximum absolute atomic E-state index is 11.6. The SMILES string of the molecule is CC(CO)C1CCC(CNC(=O)OC(C)(C)C)CC1. The van der Waals surface area contributed by atoms with Crippen LogP contribution in [-0.4, -0.2) is 30.0 Å². The van der Waals surface area contributed by atoms with Crippen LogP contribution >= 0.6 is 0 Å². The van der Waals surface area contributed by atoms with Gasteiger partial charge in [-0.2, -0.15) is 0 Å². The van der Waals surface area contributed by atoms with Crippen LogP contribution in [0.2, 0.25) is 0 Å². The standard InChI is InChI=1S/C15H29NO3/c1-11(10-17)13-7-5-12(6-8-13)9-16-14(18)19-15(2,3)4/h11-13,17H,5-10H2,1-4H3,(H,16,18). The number of nitrogens with one attached hydrogen (secondary N) is 1. The van der Waals surface area contributed by atoms with Crippen molar-refractivity contribution in [2.75, 3.05) is 13.2 Å². The van der Waals surface area contributed by atoms with Gasteiger partial charge in [0.15, 0.2) is 0 Å². The highest BCUT2D eigenvalue weighted by atomic mass is 16.6. The summed E-state index contributed by atoms with van der Waals surface area (Å²) in [5.41, 5.74) is -0.432. The minimum atomic E-state index is -0.432. The Kier molecular flexibility index (Phi) is 6.11. The van der Waals surface area contributed by atoms with Crippen molar-refractivity contribution in [3.63, 3.8) is 0 Å². The first-order valence-corrected chi connectivity index (χ1v) is 7.39. The van der Waals surface area contributed by atoms with E-state index in [1.165, 1.54) is 0 Å². The summed E-state index contributed by atoms with van der Waals surface area (Å²) < 4.78 is 5.22. The van der Waals surface area contributed by atoms with Crippen molar-refractivity contribution in [3.05, 3.63) is 0 Å². The van der Waals surface area contributed by atoms with E-state index in [0.29, 0.717) is 24.3 Å². The second-order valence-corrected chi connectivity index (χ2v) is 6.82. The largest absolute Gasteiger partial charge is 0.444 e. The monoisotopic (exact) mass is 271 g/mol. The summed E-state index contributed by atoms with van der Waals surface area (Å²) in [6.07, 6.45) is 4.25. The molecule has 1 fully saturated rings. The highest BCUT2D eigenvalue weighted by molar-refractivity contribution is 5.67. The first-order chi connectivity index (χ1) is 8.81. The zero-order chi connectivity index (χ0) is 14.5. The predicted octanol–water partition coefficient (Wildman–Crippen LogP) is 2.95. The molecule has 112 valence electrons.